The third-order valence-corrected chi connectivity index (χ3v) is 4.71. The number of ether oxygens (including phenoxy) is 1. The topological polar surface area (TPSA) is 58.6 Å². The predicted molar refractivity (Wildman–Crippen MR) is 101 cm³/mol. The smallest absolute Gasteiger partial charge is 0.247 e. The summed E-state index contributed by atoms with van der Waals surface area (Å²) < 4.78 is 5.12. The molecule has 136 valence electrons. The van der Waals surface area contributed by atoms with Gasteiger partial charge in [0, 0.05) is 12.2 Å². The van der Waals surface area contributed by atoms with Crippen molar-refractivity contribution in [3.63, 3.8) is 0 Å². The molecule has 1 heterocycles. The Morgan fingerprint density at radius 1 is 1.12 bits per heavy atom. The fraction of sp³-hybridized carbons (Fsp3) is 0.333. The molecule has 1 fully saturated rings. The molecule has 0 spiro atoms. The largest absolute Gasteiger partial charge is 0.497 e. The normalized spacial score (nSPS) is 16.4. The summed E-state index contributed by atoms with van der Waals surface area (Å²) in [6, 6.07) is 14.7. The van der Waals surface area contributed by atoms with Gasteiger partial charge in [-0.15, -0.1) is 0 Å². The van der Waals surface area contributed by atoms with Crippen molar-refractivity contribution in [1.82, 2.24) is 4.90 Å². The third-order valence-electron chi connectivity index (χ3n) is 4.71. The van der Waals surface area contributed by atoms with Gasteiger partial charge in [0.25, 0.3) is 0 Å². The van der Waals surface area contributed by atoms with Gasteiger partial charge >= 0.3 is 0 Å². The van der Waals surface area contributed by atoms with Crippen LogP contribution >= 0.6 is 0 Å². The molecule has 5 heteroatoms. The number of anilines is 1. The average Bonchev–Trinajstić information content (AvgIpc) is 3.14. The number of likely N-dealkylation sites (tertiary alicyclic amines) is 1. The summed E-state index contributed by atoms with van der Waals surface area (Å²) in [4.78, 5) is 27.0. The van der Waals surface area contributed by atoms with Gasteiger partial charge in [0.05, 0.1) is 13.5 Å². The predicted octanol–water partition coefficient (Wildman–Crippen LogP) is 3.18. The van der Waals surface area contributed by atoms with Crippen molar-refractivity contribution in [1.29, 1.82) is 0 Å². The van der Waals surface area contributed by atoms with E-state index in [-0.39, 0.29) is 11.8 Å². The number of carbonyl (C=O) groups is 2. The van der Waals surface area contributed by atoms with Crippen LogP contribution in [0.1, 0.15) is 24.0 Å². The Morgan fingerprint density at radius 2 is 1.81 bits per heavy atom. The van der Waals surface area contributed by atoms with Crippen LogP contribution in [0.2, 0.25) is 0 Å². The van der Waals surface area contributed by atoms with Crippen molar-refractivity contribution in [2.24, 2.45) is 0 Å². The van der Waals surface area contributed by atoms with E-state index in [1.165, 1.54) is 5.56 Å². The fourth-order valence-corrected chi connectivity index (χ4v) is 3.22. The highest BCUT2D eigenvalue weighted by atomic mass is 16.5. The molecule has 1 aliphatic rings. The zero-order valence-electron chi connectivity index (χ0n) is 15.2. The molecule has 3 rings (SSSR count). The number of amides is 2. The maximum absolute atomic E-state index is 12.7. The van der Waals surface area contributed by atoms with E-state index >= 15 is 0 Å². The molecule has 0 aliphatic carbocycles. The van der Waals surface area contributed by atoms with Gasteiger partial charge in [-0.25, -0.2) is 0 Å². The number of rotatable bonds is 5. The van der Waals surface area contributed by atoms with Crippen LogP contribution in [0.25, 0.3) is 0 Å². The summed E-state index contributed by atoms with van der Waals surface area (Å²) in [5.41, 5.74) is 2.84. The Morgan fingerprint density at radius 3 is 2.46 bits per heavy atom. The van der Waals surface area contributed by atoms with E-state index in [1.807, 2.05) is 31.2 Å². The van der Waals surface area contributed by atoms with Crippen molar-refractivity contribution < 1.29 is 14.3 Å². The summed E-state index contributed by atoms with van der Waals surface area (Å²) in [6.07, 6.45) is 1.87. The zero-order chi connectivity index (χ0) is 18.5. The van der Waals surface area contributed by atoms with Crippen molar-refractivity contribution in [2.45, 2.75) is 32.2 Å². The molecule has 1 N–H and O–H groups in total. The lowest BCUT2D eigenvalue weighted by atomic mass is 10.1. The molecule has 0 unspecified atom stereocenters. The Labute approximate surface area is 154 Å². The van der Waals surface area contributed by atoms with Gasteiger partial charge in [-0.1, -0.05) is 29.8 Å². The Kier molecular flexibility index (Phi) is 5.56. The molecule has 0 radical (unpaired) electrons. The number of carbonyl (C=O) groups excluding carboxylic acids is 2. The van der Waals surface area contributed by atoms with Gasteiger partial charge in [-0.3, -0.25) is 9.59 Å². The van der Waals surface area contributed by atoms with E-state index in [4.69, 9.17) is 4.74 Å². The Hall–Kier alpha value is -2.82. The molecule has 1 saturated heterocycles. The van der Waals surface area contributed by atoms with Gasteiger partial charge in [0.15, 0.2) is 0 Å². The average molecular weight is 352 g/mol. The Balaban J connectivity index is 1.63. The first kappa shape index (κ1) is 18.0. The number of hydrogen-bond donors (Lipinski definition) is 1. The molecular weight excluding hydrogens is 328 g/mol. The molecule has 5 nitrogen and oxygen atoms in total. The lowest BCUT2D eigenvalue weighted by molar-refractivity contribution is -0.136. The minimum atomic E-state index is -0.407. The Bertz CT molecular complexity index is 769. The van der Waals surface area contributed by atoms with Gasteiger partial charge in [0.2, 0.25) is 11.8 Å². The molecule has 26 heavy (non-hydrogen) atoms. The molecule has 2 amide bonds. The van der Waals surface area contributed by atoms with E-state index < -0.39 is 6.04 Å². The molecule has 2 aromatic rings. The number of benzene rings is 2. The first-order chi connectivity index (χ1) is 12.6. The van der Waals surface area contributed by atoms with Gasteiger partial charge < -0.3 is 15.0 Å². The summed E-state index contributed by atoms with van der Waals surface area (Å²) in [7, 11) is 1.60. The van der Waals surface area contributed by atoms with Gasteiger partial charge in [-0.2, -0.15) is 0 Å². The quantitative estimate of drug-likeness (QED) is 0.899. The lowest BCUT2D eigenvalue weighted by Crippen LogP contribution is -2.43. The van der Waals surface area contributed by atoms with E-state index in [0.717, 1.165) is 17.7 Å². The second-order valence-corrected chi connectivity index (χ2v) is 6.63. The van der Waals surface area contributed by atoms with Crippen molar-refractivity contribution in [3.05, 3.63) is 59.7 Å². The first-order valence-corrected chi connectivity index (χ1v) is 8.87. The molecule has 2 aromatic carbocycles. The van der Waals surface area contributed by atoms with E-state index in [2.05, 4.69) is 5.32 Å². The molecule has 1 aliphatic heterocycles. The summed E-state index contributed by atoms with van der Waals surface area (Å²) in [5.74, 6) is 0.602. The number of methoxy groups -OCH3 is 1. The van der Waals surface area contributed by atoms with Crippen LogP contribution < -0.4 is 10.1 Å². The number of nitrogens with one attached hydrogen (secondary N) is 1. The minimum Gasteiger partial charge on any atom is -0.497 e. The van der Waals surface area contributed by atoms with Crippen molar-refractivity contribution >= 4 is 17.5 Å². The van der Waals surface area contributed by atoms with E-state index in [1.54, 1.807) is 36.3 Å². The SMILES string of the molecule is COc1ccc(NC(=O)[C@H]2CCCN2C(=O)Cc2ccc(C)cc2)cc1. The monoisotopic (exact) mass is 352 g/mol. The first-order valence-electron chi connectivity index (χ1n) is 8.87. The van der Waals surface area contributed by atoms with Gasteiger partial charge in [0.1, 0.15) is 11.8 Å². The summed E-state index contributed by atoms with van der Waals surface area (Å²) >= 11 is 0. The van der Waals surface area contributed by atoms with Crippen LogP contribution in [0.4, 0.5) is 5.69 Å². The fourth-order valence-electron chi connectivity index (χ4n) is 3.22. The maximum atomic E-state index is 12.7. The van der Waals surface area contributed by atoms with Crippen molar-refractivity contribution in [2.75, 3.05) is 19.0 Å². The van der Waals surface area contributed by atoms with Crippen LogP contribution in [0, 0.1) is 6.92 Å². The molecule has 0 aromatic heterocycles. The zero-order valence-corrected chi connectivity index (χ0v) is 15.2. The lowest BCUT2D eigenvalue weighted by Gasteiger charge is -2.24. The highest BCUT2D eigenvalue weighted by molar-refractivity contribution is 5.97. The third kappa shape index (κ3) is 4.23. The van der Waals surface area contributed by atoms with Gasteiger partial charge in [-0.05, 0) is 49.6 Å². The minimum absolute atomic E-state index is 0.00114. The van der Waals surface area contributed by atoms with E-state index in [0.29, 0.717) is 25.1 Å². The molecule has 0 saturated carbocycles. The second-order valence-electron chi connectivity index (χ2n) is 6.63. The molecular formula is C21H24N2O3. The van der Waals surface area contributed by atoms with Crippen LogP contribution in [0.5, 0.6) is 5.75 Å². The number of aryl methyl sites for hydroxylation is 1. The summed E-state index contributed by atoms with van der Waals surface area (Å²) in [5, 5.41) is 2.90. The molecule has 0 bridgehead atoms. The number of nitrogens with zero attached hydrogens (tertiary/aromatic N) is 1. The highest BCUT2D eigenvalue weighted by Gasteiger charge is 2.33. The van der Waals surface area contributed by atoms with Crippen LogP contribution in [0.15, 0.2) is 48.5 Å². The standard InChI is InChI=1S/C21H24N2O3/c1-15-5-7-16(8-6-15)14-20(24)23-13-3-4-19(23)21(25)22-17-9-11-18(26-2)12-10-17/h5-12,19H,3-4,13-14H2,1-2H3,(H,22,25)/t19-/m1/s1. The summed E-state index contributed by atoms with van der Waals surface area (Å²) in [6.45, 7) is 2.65. The van der Waals surface area contributed by atoms with Crippen LogP contribution in [0.3, 0.4) is 0 Å². The van der Waals surface area contributed by atoms with Crippen molar-refractivity contribution in [3.8, 4) is 5.75 Å². The van der Waals surface area contributed by atoms with Crippen LogP contribution in [-0.2, 0) is 16.0 Å². The maximum Gasteiger partial charge on any atom is 0.247 e. The number of hydrogen-bond acceptors (Lipinski definition) is 3. The van der Waals surface area contributed by atoms with E-state index in [9.17, 15) is 9.59 Å². The second kappa shape index (κ2) is 8.04. The molecule has 1 atom stereocenters. The van der Waals surface area contributed by atoms with Crippen LogP contribution in [-0.4, -0.2) is 36.4 Å². The highest BCUT2D eigenvalue weighted by Crippen LogP contribution is 2.22.